The summed E-state index contributed by atoms with van der Waals surface area (Å²) in [5.41, 5.74) is 1.42. The van der Waals surface area contributed by atoms with Gasteiger partial charge in [0.2, 0.25) is 0 Å². The second kappa shape index (κ2) is 2.99. The van der Waals surface area contributed by atoms with Crippen LogP contribution in [0.2, 0.25) is 0 Å². The summed E-state index contributed by atoms with van der Waals surface area (Å²) in [4.78, 5) is 0. The first-order chi connectivity index (χ1) is 6.59. The van der Waals surface area contributed by atoms with E-state index in [0.29, 0.717) is 0 Å². The Bertz CT molecular complexity index is 406. The van der Waals surface area contributed by atoms with E-state index in [9.17, 15) is 5.11 Å². The lowest BCUT2D eigenvalue weighted by Gasteiger charge is -2.09. The standard InChI is InChI=1S/C11H10BrNO/c1-7-9(12)4-8(5-10(7)14)11(6-13)2-3-11/h4-5,14H,2-3H2,1H3. The van der Waals surface area contributed by atoms with Crippen LogP contribution in [0.1, 0.15) is 24.0 Å². The molecule has 2 rings (SSSR count). The van der Waals surface area contributed by atoms with Crippen molar-refractivity contribution in [1.29, 1.82) is 5.26 Å². The number of aromatic hydroxyl groups is 1. The zero-order valence-corrected chi connectivity index (χ0v) is 9.43. The second-order valence-corrected chi connectivity index (χ2v) is 4.65. The van der Waals surface area contributed by atoms with Gasteiger partial charge in [-0.1, -0.05) is 15.9 Å². The number of hydrogen-bond donors (Lipinski definition) is 1. The van der Waals surface area contributed by atoms with E-state index in [0.717, 1.165) is 28.4 Å². The highest BCUT2D eigenvalue weighted by Gasteiger charge is 2.45. The van der Waals surface area contributed by atoms with Gasteiger partial charge >= 0.3 is 0 Å². The Balaban J connectivity index is 2.53. The Morgan fingerprint density at radius 2 is 2.14 bits per heavy atom. The van der Waals surface area contributed by atoms with Gasteiger partial charge in [0, 0.05) is 10.0 Å². The molecule has 0 heterocycles. The minimum absolute atomic E-state index is 0.260. The third-order valence-electron chi connectivity index (χ3n) is 2.83. The molecule has 1 aliphatic carbocycles. The summed E-state index contributed by atoms with van der Waals surface area (Å²) in [6.07, 6.45) is 1.80. The smallest absolute Gasteiger partial charge is 0.119 e. The largest absolute Gasteiger partial charge is 0.508 e. The zero-order chi connectivity index (χ0) is 10.3. The fourth-order valence-corrected chi connectivity index (χ4v) is 1.98. The topological polar surface area (TPSA) is 44.0 Å². The molecule has 0 unspecified atom stereocenters. The highest BCUT2D eigenvalue weighted by molar-refractivity contribution is 9.10. The van der Waals surface area contributed by atoms with Crippen LogP contribution in [0.3, 0.4) is 0 Å². The molecule has 0 amide bonds. The Hall–Kier alpha value is -1.01. The molecule has 3 heteroatoms. The van der Waals surface area contributed by atoms with Crippen molar-refractivity contribution in [2.75, 3.05) is 0 Å². The van der Waals surface area contributed by atoms with E-state index < -0.39 is 0 Å². The molecule has 0 spiro atoms. The van der Waals surface area contributed by atoms with Gasteiger partial charge in [-0.25, -0.2) is 0 Å². The number of nitrogens with zero attached hydrogens (tertiary/aromatic N) is 1. The van der Waals surface area contributed by atoms with Crippen molar-refractivity contribution < 1.29 is 5.11 Å². The number of rotatable bonds is 1. The normalized spacial score (nSPS) is 17.5. The maximum atomic E-state index is 9.63. The van der Waals surface area contributed by atoms with E-state index in [1.165, 1.54) is 0 Å². The lowest BCUT2D eigenvalue weighted by molar-refractivity contribution is 0.469. The van der Waals surface area contributed by atoms with E-state index in [1.54, 1.807) is 6.07 Å². The molecule has 0 radical (unpaired) electrons. The molecule has 1 aromatic carbocycles. The van der Waals surface area contributed by atoms with Crippen molar-refractivity contribution in [1.82, 2.24) is 0 Å². The molecular formula is C11H10BrNO. The van der Waals surface area contributed by atoms with Crippen LogP contribution in [0.25, 0.3) is 0 Å². The molecule has 1 fully saturated rings. The lowest BCUT2D eigenvalue weighted by atomic mass is 9.96. The Morgan fingerprint density at radius 1 is 1.50 bits per heavy atom. The van der Waals surface area contributed by atoms with Crippen LogP contribution in [-0.2, 0) is 5.41 Å². The van der Waals surface area contributed by atoms with Crippen molar-refractivity contribution in [2.24, 2.45) is 0 Å². The van der Waals surface area contributed by atoms with Crippen LogP contribution >= 0.6 is 15.9 Å². The minimum atomic E-state index is -0.326. The van der Waals surface area contributed by atoms with Crippen molar-refractivity contribution >= 4 is 15.9 Å². The summed E-state index contributed by atoms with van der Waals surface area (Å²) in [7, 11) is 0. The van der Waals surface area contributed by atoms with Crippen LogP contribution < -0.4 is 0 Å². The molecule has 0 bridgehead atoms. The van der Waals surface area contributed by atoms with Crippen molar-refractivity contribution in [3.63, 3.8) is 0 Å². The van der Waals surface area contributed by atoms with E-state index in [4.69, 9.17) is 5.26 Å². The second-order valence-electron chi connectivity index (χ2n) is 3.80. The van der Waals surface area contributed by atoms with Crippen molar-refractivity contribution in [3.05, 3.63) is 27.7 Å². The van der Waals surface area contributed by atoms with Crippen LogP contribution in [0.4, 0.5) is 0 Å². The van der Waals surface area contributed by atoms with Crippen LogP contribution in [-0.4, -0.2) is 5.11 Å². The highest BCUT2D eigenvalue weighted by Crippen LogP contribution is 2.49. The first kappa shape index (κ1) is 9.54. The highest BCUT2D eigenvalue weighted by atomic mass is 79.9. The minimum Gasteiger partial charge on any atom is -0.508 e. The van der Waals surface area contributed by atoms with Crippen molar-refractivity contribution in [3.8, 4) is 11.8 Å². The fraction of sp³-hybridized carbons (Fsp3) is 0.364. The molecular weight excluding hydrogens is 242 g/mol. The summed E-state index contributed by atoms with van der Waals surface area (Å²) in [6.45, 7) is 1.84. The molecule has 72 valence electrons. The summed E-state index contributed by atoms with van der Waals surface area (Å²) in [6, 6.07) is 5.95. The third-order valence-corrected chi connectivity index (χ3v) is 3.66. The van der Waals surface area contributed by atoms with Gasteiger partial charge in [0.05, 0.1) is 11.5 Å². The summed E-state index contributed by atoms with van der Waals surface area (Å²) in [5.74, 6) is 0.260. The molecule has 1 aromatic rings. The van der Waals surface area contributed by atoms with E-state index in [2.05, 4.69) is 22.0 Å². The molecule has 0 atom stereocenters. The van der Waals surface area contributed by atoms with Gasteiger partial charge in [-0.3, -0.25) is 0 Å². The van der Waals surface area contributed by atoms with Crippen LogP contribution in [0.15, 0.2) is 16.6 Å². The lowest BCUT2D eigenvalue weighted by Crippen LogP contribution is -2.02. The monoisotopic (exact) mass is 251 g/mol. The maximum absolute atomic E-state index is 9.63. The summed E-state index contributed by atoms with van der Waals surface area (Å²) in [5, 5.41) is 18.6. The predicted octanol–water partition coefficient (Wildman–Crippen LogP) is 3.02. The Kier molecular flexibility index (Phi) is 2.04. The van der Waals surface area contributed by atoms with Crippen LogP contribution in [0.5, 0.6) is 5.75 Å². The number of benzene rings is 1. The van der Waals surface area contributed by atoms with Gasteiger partial charge in [0.1, 0.15) is 5.75 Å². The molecule has 0 aliphatic heterocycles. The predicted molar refractivity (Wildman–Crippen MR) is 57.1 cm³/mol. The summed E-state index contributed by atoms with van der Waals surface area (Å²) >= 11 is 3.38. The Morgan fingerprint density at radius 3 is 2.57 bits per heavy atom. The zero-order valence-electron chi connectivity index (χ0n) is 7.84. The average Bonchev–Trinajstić information content (AvgIpc) is 2.94. The number of phenolic OH excluding ortho intramolecular Hbond substituents is 1. The molecule has 0 aromatic heterocycles. The van der Waals surface area contributed by atoms with Gasteiger partial charge in [0.15, 0.2) is 0 Å². The third kappa shape index (κ3) is 1.31. The van der Waals surface area contributed by atoms with Gasteiger partial charge < -0.3 is 5.11 Å². The molecule has 1 saturated carbocycles. The molecule has 14 heavy (non-hydrogen) atoms. The van der Waals surface area contributed by atoms with Gasteiger partial charge in [-0.15, -0.1) is 0 Å². The molecule has 2 nitrogen and oxygen atoms in total. The number of hydrogen-bond acceptors (Lipinski definition) is 2. The number of halogens is 1. The average molecular weight is 252 g/mol. The van der Waals surface area contributed by atoms with E-state index >= 15 is 0 Å². The van der Waals surface area contributed by atoms with Crippen molar-refractivity contribution in [2.45, 2.75) is 25.2 Å². The number of nitriles is 1. The van der Waals surface area contributed by atoms with Gasteiger partial charge in [0.25, 0.3) is 0 Å². The molecule has 1 aliphatic rings. The number of phenols is 1. The SMILES string of the molecule is Cc1c(O)cc(C2(C#N)CC2)cc1Br. The van der Waals surface area contributed by atoms with Gasteiger partial charge in [-0.05, 0) is 37.5 Å². The first-order valence-electron chi connectivity index (χ1n) is 4.50. The van der Waals surface area contributed by atoms with E-state index in [-0.39, 0.29) is 11.2 Å². The fourth-order valence-electron chi connectivity index (χ4n) is 1.53. The molecule has 1 N–H and O–H groups in total. The molecule has 0 saturated heterocycles. The quantitative estimate of drug-likeness (QED) is 0.834. The van der Waals surface area contributed by atoms with Crippen LogP contribution in [0, 0.1) is 18.3 Å². The maximum Gasteiger partial charge on any atom is 0.119 e. The Labute approximate surface area is 91.3 Å². The van der Waals surface area contributed by atoms with E-state index in [1.807, 2.05) is 13.0 Å². The van der Waals surface area contributed by atoms with Gasteiger partial charge in [-0.2, -0.15) is 5.26 Å². The summed E-state index contributed by atoms with van der Waals surface area (Å²) < 4.78 is 0.869. The first-order valence-corrected chi connectivity index (χ1v) is 5.29.